The summed E-state index contributed by atoms with van der Waals surface area (Å²) in [5.74, 6) is 0.0339. The standard InChI is InChI=1S/C15H21NO2/c1-3-14(17)12(2)16-15(18)11-7-10-13-8-5-4-6-9-13/h4-6,8-9,12H,3,7,10-11H2,1-2H3,(H,16,18). The van der Waals surface area contributed by atoms with Crippen molar-refractivity contribution in [3.8, 4) is 0 Å². The van der Waals surface area contributed by atoms with E-state index >= 15 is 0 Å². The van der Waals surface area contributed by atoms with Gasteiger partial charge in [-0.1, -0.05) is 37.3 Å². The molecule has 1 atom stereocenters. The Morgan fingerprint density at radius 1 is 1.22 bits per heavy atom. The average molecular weight is 247 g/mol. The van der Waals surface area contributed by atoms with E-state index in [1.165, 1.54) is 5.56 Å². The fourth-order valence-electron chi connectivity index (χ4n) is 1.80. The van der Waals surface area contributed by atoms with Gasteiger partial charge in [0.1, 0.15) is 0 Å². The van der Waals surface area contributed by atoms with Crippen molar-refractivity contribution in [2.45, 2.75) is 45.6 Å². The molecule has 1 aromatic carbocycles. The highest BCUT2D eigenvalue weighted by atomic mass is 16.2. The Bertz CT molecular complexity index is 387. The van der Waals surface area contributed by atoms with Crippen LogP contribution < -0.4 is 5.32 Å². The molecule has 1 unspecified atom stereocenters. The van der Waals surface area contributed by atoms with Crippen LogP contribution in [0.3, 0.4) is 0 Å². The largest absolute Gasteiger partial charge is 0.347 e. The summed E-state index contributed by atoms with van der Waals surface area (Å²) in [6.07, 6.45) is 2.63. The van der Waals surface area contributed by atoms with Crippen molar-refractivity contribution in [3.63, 3.8) is 0 Å². The monoisotopic (exact) mass is 247 g/mol. The van der Waals surface area contributed by atoms with E-state index in [-0.39, 0.29) is 17.7 Å². The first kappa shape index (κ1) is 14.4. The maximum absolute atomic E-state index is 11.6. The molecule has 98 valence electrons. The maximum Gasteiger partial charge on any atom is 0.220 e. The number of hydrogen-bond donors (Lipinski definition) is 1. The topological polar surface area (TPSA) is 46.2 Å². The van der Waals surface area contributed by atoms with Gasteiger partial charge in [0.05, 0.1) is 6.04 Å². The van der Waals surface area contributed by atoms with Gasteiger partial charge in [0.25, 0.3) is 0 Å². The van der Waals surface area contributed by atoms with Crippen LogP contribution in [-0.2, 0) is 16.0 Å². The molecule has 1 aromatic rings. The molecule has 0 saturated carbocycles. The fraction of sp³-hybridized carbons (Fsp3) is 0.467. The Kier molecular flexibility index (Phi) is 6.12. The second-order valence-electron chi connectivity index (χ2n) is 4.45. The minimum Gasteiger partial charge on any atom is -0.347 e. The molecule has 0 spiro atoms. The van der Waals surface area contributed by atoms with Gasteiger partial charge in [0.15, 0.2) is 5.78 Å². The molecule has 0 saturated heterocycles. The number of nitrogens with one attached hydrogen (secondary N) is 1. The molecular formula is C15H21NO2. The predicted octanol–water partition coefficient (Wildman–Crippen LogP) is 2.49. The lowest BCUT2D eigenvalue weighted by Crippen LogP contribution is -2.38. The molecule has 3 nitrogen and oxygen atoms in total. The quantitative estimate of drug-likeness (QED) is 0.804. The van der Waals surface area contributed by atoms with Crippen LogP contribution in [0.4, 0.5) is 0 Å². The van der Waals surface area contributed by atoms with Crippen LogP contribution in [0.1, 0.15) is 38.7 Å². The summed E-state index contributed by atoms with van der Waals surface area (Å²) in [5, 5.41) is 2.73. The van der Waals surface area contributed by atoms with Gasteiger partial charge in [0, 0.05) is 12.8 Å². The van der Waals surface area contributed by atoms with Gasteiger partial charge in [-0.15, -0.1) is 0 Å². The van der Waals surface area contributed by atoms with E-state index in [9.17, 15) is 9.59 Å². The molecule has 0 aliphatic carbocycles. The average Bonchev–Trinajstić information content (AvgIpc) is 2.38. The van der Waals surface area contributed by atoms with Crippen molar-refractivity contribution >= 4 is 11.7 Å². The number of amides is 1. The van der Waals surface area contributed by atoms with Gasteiger partial charge < -0.3 is 5.32 Å². The first-order chi connectivity index (χ1) is 8.63. The molecule has 3 heteroatoms. The molecule has 0 aromatic heterocycles. The number of Topliss-reactive ketones (excluding diaryl/α,β-unsaturated/α-hetero) is 1. The van der Waals surface area contributed by atoms with Gasteiger partial charge in [-0.3, -0.25) is 9.59 Å². The van der Waals surface area contributed by atoms with Gasteiger partial charge in [-0.05, 0) is 25.3 Å². The van der Waals surface area contributed by atoms with Crippen molar-refractivity contribution in [2.24, 2.45) is 0 Å². The Morgan fingerprint density at radius 3 is 2.50 bits per heavy atom. The van der Waals surface area contributed by atoms with Crippen molar-refractivity contribution in [1.29, 1.82) is 0 Å². The van der Waals surface area contributed by atoms with E-state index in [1.807, 2.05) is 18.2 Å². The van der Waals surface area contributed by atoms with Crippen LogP contribution in [0.2, 0.25) is 0 Å². The van der Waals surface area contributed by atoms with Crippen molar-refractivity contribution in [2.75, 3.05) is 0 Å². The first-order valence-electron chi connectivity index (χ1n) is 6.49. The lowest BCUT2D eigenvalue weighted by molar-refractivity contribution is -0.127. The maximum atomic E-state index is 11.6. The number of carbonyl (C=O) groups is 2. The summed E-state index contributed by atoms with van der Waals surface area (Å²) in [4.78, 5) is 22.9. The van der Waals surface area contributed by atoms with Crippen molar-refractivity contribution in [3.05, 3.63) is 35.9 Å². The zero-order valence-corrected chi connectivity index (χ0v) is 11.1. The molecule has 0 fully saturated rings. The number of benzene rings is 1. The number of carbonyl (C=O) groups excluding carboxylic acids is 2. The summed E-state index contributed by atoms with van der Waals surface area (Å²) in [6.45, 7) is 3.54. The first-order valence-corrected chi connectivity index (χ1v) is 6.49. The van der Waals surface area contributed by atoms with Crippen LogP contribution in [0.5, 0.6) is 0 Å². The molecular weight excluding hydrogens is 226 g/mol. The molecule has 1 amide bonds. The molecule has 0 aliphatic heterocycles. The Hall–Kier alpha value is -1.64. The number of rotatable bonds is 7. The van der Waals surface area contributed by atoms with E-state index in [2.05, 4.69) is 17.4 Å². The number of ketones is 1. The molecule has 0 bridgehead atoms. The van der Waals surface area contributed by atoms with Crippen LogP contribution in [-0.4, -0.2) is 17.7 Å². The van der Waals surface area contributed by atoms with E-state index in [4.69, 9.17) is 0 Å². The third-order valence-corrected chi connectivity index (χ3v) is 2.92. The minimum atomic E-state index is -0.362. The summed E-state index contributed by atoms with van der Waals surface area (Å²) in [6, 6.07) is 9.73. The zero-order valence-electron chi connectivity index (χ0n) is 11.1. The molecule has 1 N–H and O–H groups in total. The van der Waals surface area contributed by atoms with Crippen LogP contribution in [0.15, 0.2) is 30.3 Å². The summed E-state index contributed by atoms with van der Waals surface area (Å²) in [5.41, 5.74) is 1.24. The molecule has 0 radical (unpaired) electrons. The second kappa shape index (κ2) is 7.64. The van der Waals surface area contributed by atoms with Crippen molar-refractivity contribution < 1.29 is 9.59 Å². The molecule has 1 rings (SSSR count). The summed E-state index contributed by atoms with van der Waals surface area (Å²) >= 11 is 0. The summed E-state index contributed by atoms with van der Waals surface area (Å²) < 4.78 is 0. The Balaban J connectivity index is 2.23. The predicted molar refractivity (Wildman–Crippen MR) is 72.3 cm³/mol. The van der Waals surface area contributed by atoms with Gasteiger partial charge >= 0.3 is 0 Å². The van der Waals surface area contributed by atoms with Gasteiger partial charge in [-0.25, -0.2) is 0 Å². The summed E-state index contributed by atoms with van der Waals surface area (Å²) in [7, 11) is 0. The van der Waals surface area contributed by atoms with Crippen molar-refractivity contribution in [1.82, 2.24) is 5.32 Å². The number of hydrogen-bond acceptors (Lipinski definition) is 2. The van der Waals surface area contributed by atoms with Crippen LogP contribution in [0, 0.1) is 0 Å². The SMILES string of the molecule is CCC(=O)C(C)NC(=O)CCCc1ccccc1. The molecule has 0 aliphatic rings. The van der Waals surface area contributed by atoms with Gasteiger partial charge in [-0.2, -0.15) is 0 Å². The second-order valence-corrected chi connectivity index (χ2v) is 4.45. The third kappa shape index (κ3) is 5.13. The fourth-order valence-corrected chi connectivity index (χ4v) is 1.80. The van der Waals surface area contributed by atoms with E-state index in [0.717, 1.165) is 12.8 Å². The molecule has 0 heterocycles. The highest BCUT2D eigenvalue weighted by molar-refractivity contribution is 5.88. The Morgan fingerprint density at radius 2 is 1.89 bits per heavy atom. The molecule has 18 heavy (non-hydrogen) atoms. The zero-order chi connectivity index (χ0) is 13.4. The normalized spacial score (nSPS) is 11.9. The Labute approximate surface area is 109 Å². The van der Waals surface area contributed by atoms with E-state index < -0.39 is 0 Å². The minimum absolute atomic E-state index is 0.0415. The lowest BCUT2D eigenvalue weighted by Gasteiger charge is -2.11. The third-order valence-electron chi connectivity index (χ3n) is 2.92. The highest BCUT2D eigenvalue weighted by Gasteiger charge is 2.12. The number of aryl methyl sites for hydroxylation is 1. The highest BCUT2D eigenvalue weighted by Crippen LogP contribution is 2.04. The lowest BCUT2D eigenvalue weighted by atomic mass is 10.1. The smallest absolute Gasteiger partial charge is 0.220 e. The van der Waals surface area contributed by atoms with E-state index in [0.29, 0.717) is 12.8 Å². The van der Waals surface area contributed by atoms with Crippen LogP contribution in [0.25, 0.3) is 0 Å². The van der Waals surface area contributed by atoms with E-state index in [1.54, 1.807) is 13.8 Å². The van der Waals surface area contributed by atoms with Crippen LogP contribution >= 0.6 is 0 Å². The van der Waals surface area contributed by atoms with Gasteiger partial charge in [0.2, 0.25) is 5.91 Å².